The van der Waals surface area contributed by atoms with Crippen molar-refractivity contribution in [2.75, 3.05) is 5.75 Å². The van der Waals surface area contributed by atoms with E-state index in [1.807, 2.05) is 0 Å². The lowest BCUT2D eigenvalue weighted by atomic mass is 10.6. The summed E-state index contributed by atoms with van der Waals surface area (Å²) in [6.45, 7) is 0.0565. The van der Waals surface area contributed by atoms with Gasteiger partial charge in [0.25, 0.3) is 6.92 Å². The number of rotatable bonds is 3. The van der Waals surface area contributed by atoms with Crippen LogP contribution < -0.4 is 16.5 Å². The van der Waals surface area contributed by atoms with Crippen LogP contribution in [0.25, 0.3) is 0 Å². The third-order valence-electron chi connectivity index (χ3n) is 0.519. The molecule has 0 spiro atoms. The van der Waals surface area contributed by atoms with Gasteiger partial charge in [0, 0.05) is 5.75 Å². The molecule has 0 rings (SSSR count). The van der Waals surface area contributed by atoms with Gasteiger partial charge in [0.05, 0.1) is 11.4 Å². The van der Waals surface area contributed by atoms with Crippen LogP contribution in [0.15, 0.2) is 0 Å². The van der Waals surface area contributed by atoms with Crippen LogP contribution in [0.4, 0.5) is 0 Å². The summed E-state index contributed by atoms with van der Waals surface area (Å²) < 4.78 is 0. The van der Waals surface area contributed by atoms with Crippen LogP contribution in [-0.2, 0) is 0 Å². The highest BCUT2D eigenvalue weighted by atomic mass is 32.7. The second-order valence-corrected chi connectivity index (χ2v) is 6.46. The van der Waals surface area contributed by atoms with Crippen LogP contribution in [-0.4, -0.2) is 5.75 Å². The molecule has 0 saturated carbocycles. The van der Waals surface area contributed by atoms with Gasteiger partial charge in [-0.2, -0.15) is 16.5 Å². The second kappa shape index (κ2) is 3.64. The van der Waals surface area contributed by atoms with Gasteiger partial charge in [0.15, 0.2) is 0 Å². The highest BCUT2D eigenvalue weighted by Gasteiger charge is 2.21. The summed E-state index contributed by atoms with van der Waals surface area (Å²) in [5, 5.41) is 0. The van der Waals surface area contributed by atoms with E-state index in [0.29, 0.717) is 0 Å². The Morgan fingerprint density at radius 2 is 1.88 bits per heavy atom. The van der Waals surface area contributed by atoms with Crippen LogP contribution in [0, 0.1) is 0 Å². The predicted octanol–water partition coefficient (Wildman–Crippen LogP) is 0.683. The zero-order valence-corrected chi connectivity index (χ0v) is 6.71. The maximum absolute atomic E-state index is 5.35. The van der Waals surface area contributed by atoms with Gasteiger partial charge >= 0.3 is 0 Å². The molecule has 0 radical (unpaired) electrons. The molecule has 0 aromatic heterocycles. The van der Waals surface area contributed by atoms with E-state index in [1.165, 1.54) is 11.4 Å². The van der Waals surface area contributed by atoms with Crippen LogP contribution in [0.3, 0.4) is 0 Å². The van der Waals surface area contributed by atoms with E-state index in [-0.39, 0.29) is 0 Å². The van der Waals surface area contributed by atoms with Gasteiger partial charge in [-0.15, -0.1) is 0 Å². The van der Waals surface area contributed by atoms with Crippen molar-refractivity contribution in [2.24, 2.45) is 16.5 Å². The van der Waals surface area contributed by atoms with Gasteiger partial charge < -0.3 is 0 Å². The summed E-state index contributed by atoms with van der Waals surface area (Å²) >= 11 is 1.48. The molecule has 0 aliphatic carbocycles. The maximum Gasteiger partial charge on any atom is 0.275 e. The third-order valence-corrected chi connectivity index (χ3v) is 3.45. The third kappa shape index (κ3) is 6.66. The smallest absolute Gasteiger partial charge is 0.165 e. The van der Waals surface area contributed by atoms with E-state index in [9.17, 15) is 0 Å². The molecule has 0 saturated heterocycles. The normalized spacial score (nSPS) is 12.0. The molecule has 0 unspecified atom stereocenters. The summed E-state index contributed by atoms with van der Waals surface area (Å²) in [4.78, 5) is 0. The van der Waals surface area contributed by atoms with E-state index in [2.05, 4.69) is 6.92 Å². The monoisotopic (exact) mass is 154 g/mol. The zero-order chi connectivity index (χ0) is 6.62. The fourth-order valence-corrected chi connectivity index (χ4v) is 2.24. The van der Waals surface area contributed by atoms with Crippen molar-refractivity contribution in [3.05, 3.63) is 0 Å². The first kappa shape index (κ1) is 8.66. The average molecular weight is 154 g/mol. The topological polar surface area (TPSA) is 78.1 Å². The van der Waals surface area contributed by atoms with E-state index >= 15 is 0 Å². The molecule has 6 N–H and O–H groups in total. The lowest BCUT2D eigenvalue weighted by Crippen LogP contribution is -2.18. The van der Waals surface area contributed by atoms with E-state index in [4.69, 9.17) is 16.5 Å². The summed E-state index contributed by atoms with van der Waals surface area (Å²) in [6, 6.07) is 0. The first-order chi connectivity index (χ1) is 3.56. The largest absolute Gasteiger partial charge is 0.275 e. The highest BCUT2D eigenvalue weighted by Crippen LogP contribution is 2.47. The van der Waals surface area contributed by atoms with Crippen molar-refractivity contribution < 1.29 is 0 Å². The molecule has 0 fully saturated rings. The number of hydrogen-bond donors (Lipinski definition) is 3. The van der Waals surface area contributed by atoms with E-state index in [1.54, 1.807) is 0 Å². The molecule has 50 valence electrons. The maximum atomic E-state index is 5.35. The van der Waals surface area contributed by atoms with Crippen molar-refractivity contribution in [3.63, 3.8) is 0 Å². The van der Waals surface area contributed by atoms with Crippen molar-refractivity contribution in [3.8, 4) is 0 Å². The zero-order valence-electron chi connectivity index (χ0n) is 5.00. The Morgan fingerprint density at radius 3 is 2.00 bits per heavy atom. The lowest BCUT2D eigenvalue weighted by Gasteiger charge is -2.04. The van der Waals surface area contributed by atoms with Crippen LogP contribution in [0.2, 0.25) is 0 Å². The van der Waals surface area contributed by atoms with Gasteiger partial charge in [-0.3, -0.25) is 0 Å². The molecule has 8 heavy (non-hydrogen) atoms. The molecule has 0 aromatic rings. The Kier molecular flexibility index (Phi) is 3.94. The van der Waals surface area contributed by atoms with Gasteiger partial charge in [0.2, 0.25) is 0 Å². The minimum atomic E-state index is -2.02. The van der Waals surface area contributed by atoms with Crippen LogP contribution in [0.1, 0.15) is 13.3 Å². The summed E-state index contributed by atoms with van der Waals surface area (Å²) in [5.74, 6) is 0.970. The summed E-state index contributed by atoms with van der Waals surface area (Å²) in [5.41, 5.74) is 16.1. The molecule has 0 bridgehead atoms. The molecular formula is C3H13N3PS+. The Labute approximate surface area is 54.6 Å². The molecule has 3 nitrogen and oxygen atoms in total. The van der Waals surface area contributed by atoms with Gasteiger partial charge in [-0.25, -0.2) is 0 Å². The fourth-order valence-electron chi connectivity index (χ4n) is 0.249. The SMILES string of the molecule is CCCS[P+](N)(N)N. The Morgan fingerprint density at radius 1 is 1.38 bits per heavy atom. The Hall–Kier alpha value is 0.660. The average Bonchev–Trinajstić information content (AvgIpc) is 1.59. The van der Waals surface area contributed by atoms with E-state index in [0.717, 1.165) is 12.2 Å². The molecular weight excluding hydrogens is 141 g/mol. The first-order valence-corrected chi connectivity index (χ1v) is 6.04. The van der Waals surface area contributed by atoms with Crippen LogP contribution in [0.5, 0.6) is 0 Å². The highest BCUT2D eigenvalue weighted by molar-refractivity contribution is 8.60. The molecule has 0 atom stereocenters. The number of nitrogens with two attached hydrogens (primary N) is 3. The molecule has 0 amide bonds. The van der Waals surface area contributed by atoms with Crippen molar-refractivity contribution in [1.82, 2.24) is 0 Å². The Balaban J connectivity index is 3.11. The quantitative estimate of drug-likeness (QED) is 0.522. The van der Waals surface area contributed by atoms with E-state index < -0.39 is 6.92 Å². The van der Waals surface area contributed by atoms with Gasteiger partial charge in [-0.1, -0.05) is 6.92 Å². The number of hydrogen-bond acceptors (Lipinski definition) is 4. The minimum absolute atomic E-state index is 0.970. The van der Waals surface area contributed by atoms with Gasteiger partial charge in [0.1, 0.15) is 0 Å². The molecule has 5 heteroatoms. The summed E-state index contributed by atoms with van der Waals surface area (Å²) in [7, 11) is 0. The molecule has 0 aliphatic rings. The standard InChI is InChI=1S/C3H13N3PS/c1-2-3-8-7(4,5)6/h2-6H2,1H3/q+1. The summed E-state index contributed by atoms with van der Waals surface area (Å²) in [6.07, 6.45) is 1.08. The van der Waals surface area contributed by atoms with Crippen molar-refractivity contribution in [2.45, 2.75) is 13.3 Å². The second-order valence-electron chi connectivity index (χ2n) is 1.60. The van der Waals surface area contributed by atoms with Gasteiger partial charge in [-0.05, 0) is 6.42 Å². The predicted molar refractivity (Wildman–Crippen MR) is 42.2 cm³/mol. The van der Waals surface area contributed by atoms with Crippen LogP contribution >= 0.6 is 18.3 Å². The molecule has 0 heterocycles. The fraction of sp³-hybridized carbons (Fsp3) is 1.00. The Bertz CT molecular complexity index is 62.0. The first-order valence-electron chi connectivity index (χ1n) is 2.45. The molecule has 0 aromatic carbocycles. The van der Waals surface area contributed by atoms with Crippen molar-refractivity contribution >= 4 is 18.3 Å². The lowest BCUT2D eigenvalue weighted by molar-refractivity contribution is 1.11. The minimum Gasteiger partial charge on any atom is -0.165 e. The molecule has 0 aliphatic heterocycles. The van der Waals surface area contributed by atoms with Crippen molar-refractivity contribution in [1.29, 1.82) is 0 Å².